The Hall–Kier alpha value is -1.07. The van der Waals surface area contributed by atoms with Crippen molar-refractivity contribution in [2.24, 2.45) is 0 Å². The highest BCUT2D eigenvalue weighted by atomic mass is 79.9. The fourth-order valence-corrected chi connectivity index (χ4v) is 1.29. The Labute approximate surface area is 112 Å². The zero-order chi connectivity index (χ0) is 10.7. The number of hydrogen-bond donors (Lipinski definition) is 1. The second-order valence-corrected chi connectivity index (χ2v) is 3.83. The van der Waals surface area contributed by atoms with Crippen molar-refractivity contribution in [1.29, 1.82) is 0 Å². The van der Waals surface area contributed by atoms with Gasteiger partial charge in [0.1, 0.15) is 11.5 Å². The molecule has 0 fully saturated rings. The molecule has 1 N–H and O–H groups in total. The number of halogens is 2. The summed E-state index contributed by atoms with van der Waals surface area (Å²) in [5.74, 6) is 1.37. The van der Waals surface area contributed by atoms with Gasteiger partial charge in [0.15, 0.2) is 0 Å². The van der Waals surface area contributed by atoms with E-state index in [2.05, 4.69) is 20.9 Å². The first-order valence-electron chi connectivity index (χ1n) is 4.32. The second-order valence-electron chi connectivity index (χ2n) is 2.91. The van der Waals surface area contributed by atoms with Crippen molar-refractivity contribution in [3.05, 3.63) is 47.1 Å². The lowest BCUT2D eigenvalue weighted by molar-refractivity contribution is 0.454. The summed E-state index contributed by atoms with van der Waals surface area (Å²) >= 11 is 3.29. The van der Waals surface area contributed by atoms with Crippen molar-refractivity contribution in [2.45, 2.75) is 0 Å². The molecule has 0 radical (unpaired) electrons. The molecule has 2 aromatic rings. The van der Waals surface area contributed by atoms with Gasteiger partial charge in [-0.1, -0.05) is 0 Å². The molecule has 1 heterocycles. The maximum Gasteiger partial charge on any atom is 0.219 e. The van der Waals surface area contributed by atoms with Gasteiger partial charge in [-0.3, -0.25) is 0 Å². The van der Waals surface area contributed by atoms with E-state index in [9.17, 15) is 0 Å². The van der Waals surface area contributed by atoms with Gasteiger partial charge >= 0.3 is 0 Å². The molecule has 0 bridgehead atoms. The van der Waals surface area contributed by atoms with Crippen LogP contribution in [0.1, 0.15) is 0 Å². The number of aromatic hydroxyl groups is 1. The molecule has 16 heavy (non-hydrogen) atoms. The van der Waals surface area contributed by atoms with Gasteiger partial charge in [0.2, 0.25) is 5.88 Å². The van der Waals surface area contributed by atoms with Crippen LogP contribution in [0.4, 0.5) is 0 Å². The molecule has 84 valence electrons. The van der Waals surface area contributed by atoms with Gasteiger partial charge in [-0.2, -0.15) is 0 Å². The highest BCUT2D eigenvalue weighted by molar-refractivity contribution is 9.10. The van der Waals surface area contributed by atoms with E-state index in [1.165, 1.54) is 0 Å². The minimum atomic E-state index is 0. The molecule has 0 aliphatic heterocycles. The lowest BCUT2D eigenvalue weighted by atomic mass is 10.3. The van der Waals surface area contributed by atoms with E-state index in [4.69, 9.17) is 9.84 Å². The Bertz CT molecular complexity index is 399. The van der Waals surface area contributed by atoms with Crippen molar-refractivity contribution in [3.63, 3.8) is 0 Å². The number of nitrogens with zero attached hydrogens (tertiary/aromatic N) is 1. The minimum absolute atomic E-state index is 0. The lowest BCUT2D eigenvalue weighted by Gasteiger charge is -2.03. The van der Waals surface area contributed by atoms with Crippen LogP contribution in [0.25, 0.3) is 0 Å². The number of aromatic nitrogens is 1. The van der Waals surface area contributed by atoms with Gasteiger partial charge in [0.05, 0.1) is 0 Å². The summed E-state index contributed by atoms with van der Waals surface area (Å²) in [7, 11) is 0. The molecule has 0 amide bonds. The van der Waals surface area contributed by atoms with Crippen LogP contribution >= 0.6 is 32.9 Å². The summed E-state index contributed by atoms with van der Waals surface area (Å²) in [6.07, 6.45) is 1.66. The van der Waals surface area contributed by atoms with E-state index >= 15 is 0 Å². The SMILES string of the molecule is Br.Oc1ccc(Oc2ccc(Br)cn2)cc1. The predicted octanol–water partition coefficient (Wildman–Crippen LogP) is 3.92. The molecular formula is C11H9Br2NO2. The van der Waals surface area contributed by atoms with E-state index in [-0.39, 0.29) is 22.7 Å². The molecular weight excluding hydrogens is 338 g/mol. The number of phenolic OH excluding ortho intramolecular Hbond substituents is 1. The minimum Gasteiger partial charge on any atom is -0.508 e. The number of hydrogen-bond acceptors (Lipinski definition) is 3. The number of benzene rings is 1. The van der Waals surface area contributed by atoms with Crippen LogP contribution in [-0.2, 0) is 0 Å². The Morgan fingerprint density at radius 2 is 1.75 bits per heavy atom. The van der Waals surface area contributed by atoms with Crippen LogP contribution in [-0.4, -0.2) is 10.1 Å². The van der Waals surface area contributed by atoms with E-state index in [1.807, 2.05) is 6.07 Å². The highest BCUT2D eigenvalue weighted by Crippen LogP contribution is 2.22. The standard InChI is InChI=1S/C11H8BrNO2.BrH/c12-8-1-6-11(13-7-8)15-10-4-2-9(14)3-5-10;/h1-7,14H;1H. The first-order chi connectivity index (χ1) is 7.24. The monoisotopic (exact) mass is 345 g/mol. The molecule has 3 nitrogen and oxygen atoms in total. The average Bonchev–Trinajstić information content (AvgIpc) is 2.25. The lowest BCUT2D eigenvalue weighted by Crippen LogP contribution is -1.86. The second kappa shape index (κ2) is 5.86. The molecule has 0 saturated carbocycles. The summed E-state index contributed by atoms with van der Waals surface area (Å²) < 4.78 is 6.35. The first kappa shape index (κ1) is 13.0. The molecule has 0 spiro atoms. The van der Waals surface area contributed by atoms with Crippen molar-refractivity contribution in [2.75, 3.05) is 0 Å². The number of pyridine rings is 1. The number of phenols is 1. The van der Waals surface area contributed by atoms with Gasteiger partial charge in [-0.25, -0.2) is 4.98 Å². The van der Waals surface area contributed by atoms with Crippen LogP contribution in [0.3, 0.4) is 0 Å². The summed E-state index contributed by atoms with van der Waals surface area (Å²) in [5, 5.41) is 9.08. The maximum atomic E-state index is 9.08. The third-order valence-electron chi connectivity index (χ3n) is 1.76. The molecule has 0 unspecified atom stereocenters. The highest BCUT2D eigenvalue weighted by Gasteiger charge is 1.98. The van der Waals surface area contributed by atoms with Crippen molar-refractivity contribution in [3.8, 4) is 17.4 Å². The van der Waals surface area contributed by atoms with Crippen LogP contribution in [0.5, 0.6) is 17.4 Å². The van der Waals surface area contributed by atoms with Crippen LogP contribution in [0.15, 0.2) is 47.1 Å². The number of rotatable bonds is 2. The van der Waals surface area contributed by atoms with E-state index < -0.39 is 0 Å². The van der Waals surface area contributed by atoms with E-state index in [0.717, 1.165) is 4.47 Å². The third-order valence-corrected chi connectivity index (χ3v) is 2.23. The van der Waals surface area contributed by atoms with Gasteiger partial charge in [0, 0.05) is 16.7 Å². The molecule has 5 heteroatoms. The van der Waals surface area contributed by atoms with Crippen molar-refractivity contribution >= 4 is 32.9 Å². The Morgan fingerprint density at radius 1 is 1.06 bits per heavy atom. The van der Waals surface area contributed by atoms with Crippen LogP contribution < -0.4 is 4.74 Å². The quantitative estimate of drug-likeness (QED) is 0.896. The van der Waals surface area contributed by atoms with E-state index in [0.29, 0.717) is 11.6 Å². The van der Waals surface area contributed by atoms with Gasteiger partial charge < -0.3 is 9.84 Å². The zero-order valence-electron chi connectivity index (χ0n) is 8.13. The Balaban J connectivity index is 0.00000128. The summed E-state index contributed by atoms with van der Waals surface area (Å²) in [6.45, 7) is 0. The van der Waals surface area contributed by atoms with Crippen LogP contribution in [0, 0.1) is 0 Å². The van der Waals surface area contributed by atoms with E-state index in [1.54, 1.807) is 36.5 Å². The first-order valence-corrected chi connectivity index (χ1v) is 5.12. The number of ether oxygens (including phenoxy) is 1. The van der Waals surface area contributed by atoms with Crippen molar-refractivity contribution in [1.82, 2.24) is 4.98 Å². The fourth-order valence-electron chi connectivity index (χ4n) is 1.06. The van der Waals surface area contributed by atoms with Gasteiger partial charge in [0.25, 0.3) is 0 Å². The Morgan fingerprint density at radius 3 is 2.31 bits per heavy atom. The van der Waals surface area contributed by atoms with Gasteiger partial charge in [-0.15, -0.1) is 17.0 Å². The fraction of sp³-hybridized carbons (Fsp3) is 0. The summed E-state index contributed by atoms with van der Waals surface area (Å²) in [5.41, 5.74) is 0. The predicted molar refractivity (Wildman–Crippen MR) is 70.4 cm³/mol. The molecule has 1 aromatic heterocycles. The van der Waals surface area contributed by atoms with Gasteiger partial charge in [-0.05, 0) is 46.3 Å². The topological polar surface area (TPSA) is 42.4 Å². The third kappa shape index (κ3) is 3.50. The average molecular weight is 347 g/mol. The molecule has 0 aliphatic rings. The normalized spacial score (nSPS) is 9.31. The van der Waals surface area contributed by atoms with Crippen LogP contribution in [0.2, 0.25) is 0 Å². The summed E-state index contributed by atoms with van der Waals surface area (Å²) in [6, 6.07) is 10.1. The zero-order valence-corrected chi connectivity index (χ0v) is 11.4. The van der Waals surface area contributed by atoms with Crippen molar-refractivity contribution < 1.29 is 9.84 Å². The largest absolute Gasteiger partial charge is 0.508 e. The molecule has 0 aliphatic carbocycles. The summed E-state index contributed by atoms with van der Waals surface area (Å²) in [4.78, 5) is 4.06. The molecule has 0 atom stereocenters. The molecule has 2 rings (SSSR count). The molecule has 1 aromatic carbocycles. The Kier molecular flexibility index (Phi) is 4.76. The molecule has 0 saturated heterocycles. The maximum absolute atomic E-state index is 9.08. The smallest absolute Gasteiger partial charge is 0.219 e.